The third kappa shape index (κ3) is 4.28. The molecule has 7 heteroatoms. The molecule has 4 rings (SSSR count). The second-order valence-corrected chi connectivity index (χ2v) is 40.4. The molecule has 0 spiro atoms. The standard InChI is InChI=1S/C15H8BrS.C4H10N.2CH3.2ClH.H2Si.Zr/c16-10-5-6-14-12(8-10)13-7-9-3-1-2-4-11(9)15(13)17-14;1-4(2,3)5;;;;;;/h1-8H;5H,1-3H3;2*1H3;2*1H;1H2;/q;-1;;;;;;+1. The Hall–Kier alpha value is 0.520. The smallest absolute Gasteiger partial charge is 0.147 e. The first-order valence-electron chi connectivity index (χ1n) is 9.13. The third-order valence-electron chi connectivity index (χ3n) is 5.20. The van der Waals surface area contributed by atoms with Crippen LogP contribution in [0.1, 0.15) is 35.5 Å². The summed E-state index contributed by atoms with van der Waals surface area (Å²) in [6.45, 7) is 9.24. The van der Waals surface area contributed by atoms with E-state index in [1.165, 1.54) is 30.6 Å². The topological polar surface area (TPSA) is 12.0 Å². The van der Waals surface area contributed by atoms with E-state index in [9.17, 15) is 0 Å². The van der Waals surface area contributed by atoms with Gasteiger partial charge in [0.25, 0.3) is 0 Å². The molecule has 0 aliphatic heterocycles. The minimum absolute atomic E-state index is 0. The van der Waals surface area contributed by atoms with E-state index >= 15 is 0 Å². The zero-order chi connectivity index (χ0) is 18.9. The van der Waals surface area contributed by atoms with E-state index in [4.69, 9.17) is 0 Å². The van der Waals surface area contributed by atoms with Gasteiger partial charge in [0.2, 0.25) is 0 Å². The summed E-state index contributed by atoms with van der Waals surface area (Å²) in [4.78, 5) is 1.49. The fraction of sp³-hybridized carbons (Fsp3) is 0.333. The molecule has 0 radical (unpaired) electrons. The van der Waals surface area contributed by atoms with Gasteiger partial charge in [-0.1, -0.05) is 0 Å². The Morgan fingerprint density at radius 2 is 1.71 bits per heavy atom. The van der Waals surface area contributed by atoms with E-state index < -0.39 is 17.7 Å². The van der Waals surface area contributed by atoms with Crippen molar-refractivity contribution in [3.05, 3.63) is 58.1 Å². The van der Waals surface area contributed by atoms with Gasteiger partial charge in [-0.15, -0.1) is 24.8 Å². The van der Waals surface area contributed by atoms with Crippen molar-refractivity contribution in [1.82, 2.24) is 3.26 Å². The summed E-state index contributed by atoms with van der Waals surface area (Å²) in [6.07, 6.45) is 0. The Morgan fingerprint density at radius 1 is 1.07 bits per heavy atom. The molecule has 1 nitrogen and oxygen atoms in total. The molecule has 0 saturated carbocycles. The molecule has 1 heterocycles. The quantitative estimate of drug-likeness (QED) is 0.308. The molecule has 1 unspecified atom stereocenters. The van der Waals surface area contributed by atoms with Crippen LogP contribution < -0.4 is 3.26 Å². The van der Waals surface area contributed by atoms with Gasteiger partial charge in [0.05, 0.1) is 0 Å². The van der Waals surface area contributed by atoms with E-state index in [0.717, 1.165) is 0 Å². The number of hydrogen-bond acceptors (Lipinski definition) is 2. The molecule has 1 aromatic heterocycles. The first kappa shape index (κ1) is 24.8. The van der Waals surface area contributed by atoms with Crippen LogP contribution in [0.3, 0.4) is 0 Å². The molecule has 1 atom stereocenters. The Morgan fingerprint density at radius 3 is 2.36 bits per heavy atom. The van der Waals surface area contributed by atoms with E-state index in [-0.39, 0.29) is 30.4 Å². The van der Waals surface area contributed by atoms with Gasteiger partial charge in [-0.05, 0) is 0 Å². The molecule has 0 bridgehead atoms. The second kappa shape index (κ2) is 7.89. The summed E-state index contributed by atoms with van der Waals surface area (Å²) in [5.74, 6) is 0. The fourth-order valence-corrected chi connectivity index (χ4v) is 25.0. The van der Waals surface area contributed by atoms with Gasteiger partial charge >= 0.3 is 173 Å². The molecule has 1 aliphatic rings. The predicted molar refractivity (Wildman–Crippen MR) is 134 cm³/mol. The zero-order valence-corrected chi connectivity index (χ0v) is 24.8. The Labute approximate surface area is 195 Å². The van der Waals surface area contributed by atoms with Crippen LogP contribution in [-0.2, 0) is 17.7 Å². The van der Waals surface area contributed by atoms with Crippen LogP contribution in [0.2, 0.25) is 9.26 Å². The van der Waals surface area contributed by atoms with Crippen LogP contribution in [0, 0.1) is 0 Å². The van der Waals surface area contributed by atoms with Gasteiger partial charge < -0.3 is 0 Å². The molecule has 152 valence electrons. The number of thiophene rings is 1. The van der Waals surface area contributed by atoms with E-state index in [1.54, 1.807) is 5.56 Å². The SMILES string of the molecule is CC(C)(C)[NH][Zr]([CH3])([CH3])(=[SiH2])[CH]1c2ccccc2-c2sc3ccc(Br)cc3c21.Cl.Cl. The zero-order valence-electron chi connectivity index (χ0n) is 16.9. The maximum absolute atomic E-state index is 4.18. The molecule has 0 fully saturated rings. The van der Waals surface area contributed by atoms with Crippen LogP contribution in [0.25, 0.3) is 20.5 Å². The number of hydrogen-bond donors (Lipinski definition) is 1. The number of nitrogens with one attached hydrogen (secondary N) is 1. The van der Waals surface area contributed by atoms with Crippen molar-refractivity contribution in [2.24, 2.45) is 0 Å². The Kier molecular flexibility index (Phi) is 6.99. The van der Waals surface area contributed by atoms with Crippen LogP contribution in [0.15, 0.2) is 46.9 Å². The monoisotopic (exact) mass is 593 g/mol. The van der Waals surface area contributed by atoms with E-state index in [2.05, 4.69) is 98.6 Å². The maximum atomic E-state index is 4.18. The van der Waals surface area contributed by atoms with Crippen molar-refractivity contribution in [3.63, 3.8) is 0 Å². The molecule has 1 aliphatic carbocycles. The average Bonchev–Trinajstić information content (AvgIpc) is 2.99. The molecule has 28 heavy (non-hydrogen) atoms. The third-order valence-corrected chi connectivity index (χ3v) is 20.3. The van der Waals surface area contributed by atoms with Crippen molar-refractivity contribution >= 4 is 69.0 Å². The molecular weight excluding hydrogens is 568 g/mol. The number of rotatable bonds is 2. The maximum Gasteiger partial charge on any atom is -0.147 e. The summed E-state index contributed by atoms with van der Waals surface area (Å²) in [5.41, 5.74) is 4.70. The van der Waals surface area contributed by atoms with Crippen LogP contribution >= 0.6 is 52.1 Å². The molecular formula is C21H28BrCl2NSSiZr. The number of halogens is 3. The van der Waals surface area contributed by atoms with Gasteiger partial charge in [0.15, 0.2) is 0 Å². The van der Waals surface area contributed by atoms with Crippen LogP contribution in [-0.4, -0.2) is 12.4 Å². The summed E-state index contributed by atoms with van der Waals surface area (Å²) in [6, 6.07) is 15.9. The largest absolute Gasteiger partial charge is 0.147 e. The van der Waals surface area contributed by atoms with E-state index in [0.29, 0.717) is 3.63 Å². The fourth-order valence-electron chi connectivity index (χ4n) is 4.95. The van der Waals surface area contributed by atoms with Gasteiger partial charge in [-0.3, -0.25) is 0 Å². The Balaban J connectivity index is 0.00000140. The van der Waals surface area contributed by atoms with Gasteiger partial charge in [0, 0.05) is 0 Å². The average molecular weight is 597 g/mol. The summed E-state index contributed by atoms with van der Waals surface area (Å²) in [7, 11) is 0. The summed E-state index contributed by atoms with van der Waals surface area (Å²) < 4.78 is 12.4. The molecule has 2 aromatic carbocycles. The number of benzene rings is 2. The minimum Gasteiger partial charge on any atom is -0.147 e. The van der Waals surface area contributed by atoms with Crippen molar-refractivity contribution in [3.8, 4) is 10.4 Å². The van der Waals surface area contributed by atoms with Crippen molar-refractivity contribution in [2.45, 2.75) is 39.2 Å². The second-order valence-electron chi connectivity index (χ2n) is 9.69. The van der Waals surface area contributed by atoms with Gasteiger partial charge in [0.1, 0.15) is 0 Å². The molecule has 3 aromatic rings. The van der Waals surface area contributed by atoms with Crippen molar-refractivity contribution < 1.29 is 17.7 Å². The van der Waals surface area contributed by atoms with Gasteiger partial charge in [-0.25, -0.2) is 0 Å². The number of fused-ring (bicyclic) bond motifs is 5. The summed E-state index contributed by atoms with van der Waals surface area (Å²) in [5, 5.41) is 1.44. The molecule has 1 N–H and O–H groups in total. The normalized spacial score (nSPS) is 16.2. The van der Waals surface area contributed by atoms with E-state index in [1.807, 2.05) is 11.3 Å². The molecule has 0 saturated heterocycles. The minimum atomic E-state index is -3.29. The first-order valence-corrected chi connectivity index (χ1v) is 24.2. The first-order chi connectivity index (χ1) is 11.9. The van der Waals surface area contributed by atoms with Crippen molar-refractivity contribution in [2.75, 3.05) is 0 Å². The molecule has 0 amide bonds. The summed E-state index contributed by atoms with van der Waals surface area (Å²) >= 11 is 2.37. The Bertz CT molecular complexity index is 1110. The van der Waals surface area contributed by atoms with Crippen LogP contribution in [0.5, 0.6) is 0 Å². The van der Waals surface area contributed by atoms with Gasteiger partial charge in [-0.2, -0.15) is 0 Å². The van der Waals surface area contributed by atoms with Crippen molar-refractivity contribution in [1.29, 1.82) is 0 Å². The van der Waals surface area contributed by atoms with Crippen LogP contribution in [0.4, 0.5) is 0 Å². The predicted octanol–water partition coefficient (Wildman–Crippen LogP) is 7.21.